The maximum absolute atomic E-state index is 10.3. The van der Waals surface area contributed by atoms with Gasteiger partial charge in [0.05, 0.1) is 0 Å². The zero-order valence-electron chi connectivity index (χ0n) is 14.4. The molecule has 0 rings (SSSR count). The van der Waals surface area contributed by atoms with Gasteiger partial charge in [-0.1, -0.05) is 50.1 Å². The third kappa shape index (κ3) is 18.2. The second kappa shape index (κ2) is 16.6. The van der Waals surface area contributed by atoms with Crippen LogP contribution in [0.2, 0.25) is 0 Å². The first kappa shape index (κ1) is 21.2. The quantitative estimate of drug-likeness (QED) is 0.176. The summed E-state index contributed by atoms with van der Waals surface area (Å²) in [5.41, 5.74) is 0. The Balaban J connectivity index is 3.64. The van der Waals surface area contributed by atoms with Crippen molar-refractivity contribution < 1.29 is 15.0 Å². The molecule has 2 N–H and O–H groups in total. The van der Waals surface area contributed by atoms with Crippen molar-refractivity contribution in [2.75, 3.05) is 0 Å². The number of carboxylic acid groups (broad SMARTS) is 1. The lowest BCUT2D eigenvalue weighted by Gasteiger charge is -1.93. The smallest absolute Gasteiger partial charge is 0.303 e. The van der Waals surface area contributed by atoms with Crippen molar-refractivity contribution in [3.8, 4) is 0 Å². The highest BCUT2D eigenvalue weighted by Crippen LogP contribution is 2.03. The second-order valence-corrected chi connectivity index (χ2v) is 5.57. The molecule has 0 aliphatic rings. The van der Waals surface area contributed by atoms with Crippen LogP contribution < -0.4 is 0 Å². The molecule has 23 heavy (non-hydrogen) atoms. The molecule has 0 saturated carbocycles. The number of aliphatic hydroxyl groups excluding tert-OH is 1. The lowest BCUT2D eigenvalue weighted by atomic mass is 10.2. The second-order valence-electron chi connectivity index (χ2n) is 5.57. The number of unbranched alkanes of at least 4 members (excludes halogenated alkanes) is 5. The molecule has 0 aliphatic heterocycles. The summed E-state index contributed by atoms with van der Waals surface area (Å²) in [5.74, 6) is -0.469. The van der Waals surface area contributed by atoms with E-state index < -0.39 is 5.97 Å². The molecule has 0 radical (unpaired) electrons. The predicted molar refractivity (Wildman–Crippen MR) is 97.6 cm³/mol. The molecule has 130 valence electrons. The van der Waals surface area contributed by atoms with E-state index in [1.165, 1.54) is 25.7 Å². The number of hydrogen-bond donors (Lipinski definition) is 2. The largest absolute Gasteiger partial charge is 0.508 e. The van der Waals surface area contributed by atoms with Gasteiger partial charge in [-0.15, -0.1) is 0 Å². The predicted octanol–water partition coefficient (Wildman–Crippen LogP) is 6.10. The van der Waals surface area contributed by atoms with Crippen LogP contribution in [0, 0.1) is 0 Å². The first-order valence-electron chi connectivity index (χ1n) is 8.74. The zero-order valence-corrected chi connectivity index (χ0v) is 14.4. The van der Waals surface area contributed by atoms with Gasteiger partial charge in [0, 0.05) is 6.42 Å². The lowest BCUT2D eigenvalue weighted by Crippen LogP contribution is -1.92. The van der Waals surface area contributed by atoms with Crippen LogP contribution >= 0.6 is 0 Å². The van der Waals surface area contributed by atoms with Gasteiger partial charge in [0.1, 0.15) is 5.76 Å². The van der Waals surface area contributed by atoms with Crippen LogP contribution in [0.15, 0.2) is 48.3 Å². The average Bonchev–Trinajstić information content (AvgIpc) is 2.52. The van der Waals surface area contributed by atoms with Gasteiger partial charge in [-0.05, 0) is 57.1 Å². The van der Waals surface area contributed by atoms with Gasteiger partial charge in [0.15, 0.2) is 0 Å². The standard InChI is InChI=1S/C20H32O3/c1-2-3-4-5-6-7-8-10-13-16-19(21)17-14-11-9-12-15-18-20(22)23/h6-7,9,11,13,16-17,21H,2-5,8,10,12,14-15,18H2,1H3,(H,22,23)/b7-6-,11-9-,16-13-,19-17-. The lowest BCUT2D eigenvalue weighted by molar-refractivity contribution is -0.137. The van der Waals surface area contributed by atoms with E-state index in [1.807, 2.05) is 18.2 Å². The number of rotatable bonds is 14. The monoisotopic (exact) mass is 320 g/mol. The van der Waals surface area contributed by atoms with Crippen LogP contribution in [0.25, 0.3) is 0 Å². The SMILES string of the molecule is CCCCC/C=C\CC/C=C\C(O)=C\C/C=C\CCCC(=O)O. The van der Waals surface area contributed by atoms with Gasteiger partial charge in [-0.25, -0.2) is 0 Å². The van der Waals surface area contributed by atoms with Crippen molar-refractivity contribution in [2.45, 2.75) is 71.1 Å². The molecule has 0 aromatic rings. The highest BCUT2D eigenvalue weighted by atomic mass is 16.4. The van der Waals surface area contributed by atoms with E-state index in [2.05, 4.69) is 19.1 Å². The van der Waals surface area contributed by atoms with Crippen LogP contribution in [0.1, 0.15) is 71.1 Å². The number of aliphatic carboxylic acids is 1. The van der Waals surface area contributed by atoms with E-state index in [9.17, 15) is 9.90 Å². The van der Waals surface area contributed by atoms with Gasteiger partial charge in [-0.3, -0.25) is 4.79 Å². The van der Waals surface area contributed by atoms with Gasteiger partial charge < -0.3 is 10.2 Å². The minimum Gasteiger partial charge on any atom is -0.508 e. The Morgan fingerprint density at radius 3 is 2.22 bits per heavy atom. The van der Waals surface area contributed by atoms with E-state index in [4.69, 9.17) is 5.11 Å². The summed E-state index contributed by atoms with van der Waals surface area (Å²) in [6.45, 7) is 2.21. The summed E-state index contributed by atoms with van der Waals surface area (Å²) in [6.07, 6.45) is 23.1. The Morgan fingerprint density at radius 1 is 0.826 bits per heavy atom. The summed E-state index contributed by atoms with van der Waals surface area (Å²) in [5, 5.41) is 18.2. The van der Waals surface area contributed by atoms with E-state index in [-0.39, 0.29) is 12.2 Å². The van der Waals surface area contributed by atoms with Crippen molar-refractivity contribution >= 4 is 5.97 Å². The van der Waals surface area contributed by atoms with E-state index in [1.54, 1.807) is 12.2 Å². The molecule has 0 aromatic carbocycles. The first-order valence-corrected chi connectivity index (χ1v) is 8.74. The Bertz CT molecular complexity index is 403. The van der Waals surface area contributed by atoms with Crippen molar-refractivity contribution in [1.29, 1.82) is 0 Å². The maximum Gasteiger partial charge on any atom is 0.303 e. The summed E-state index contributed by atoms with van der Waals surface area (Å²) in [4.78, 5) is 10.3. The van der Waals surface area contributed by atoms with E-state index in [0.29, 0.717) is 12.8 Å². The minimum absolute atomic E-state index is 0.210. The molecule has 3 heteroatoms. The van der Waals surface area contributed by atoms with Crippen molar-refractivity contribution in [3.63, 3.8) is 0 Å². The summed E-state index contributed by atoms with van der Waals surface area (Å²) < 4.78 is 0. The maximum atomic E-state index is 10.3. The van der Waals surface area contributed by atoms with Gasteiger partial charge in [0.2, 0.25) is 0 Å². The average molecular weight is 320 g/mol. The molecular formula is C20H32O3. The molecule has 0 fully saturated rings. The topological polar surface area (TPSA) is 57.5 Å². The molecule has 0 atom stereocenters. The van der Waals surface area contributed by atoms with Gasteiger partial charge in [0.25, 0.3) is 0 Å². The van der Waals surface area contributed by atoms with Crippen LogP contribution in [0.4, 0.5) is 0 Å². The fraction of sp³-hybridized carbons (Fsp3) is 0.550. The van der Waals surface area contributed by atoms with Crippen molar-refractivity contribution in [1.82, 2.24) is 0 Å². The molecule has 0 aliphatic carbocycles. The number of allylic oxidation sites excluding steroid dienone is 7. The molecule has 0 aromatic heterocycles. The van der Waals surface area contributed by atoms with Gasteiger partial charge in [-0.2, -0.15) is 0 Å². The highest BCUT2D eigenvalue weighted by molar-refractivity contribution is 5.66. The third-order valence-electron chi connectivity index (χ3n) is 3.32. The number of carbonyl (C=O) groups is 1. The Labute approximate surface area is 141 Å². The van der Waals surface area contributed by atoms with Crippen molar-refractivity contribution in [2.24, 2.45) is 0 Å². The van der Waals surface area contributed by atoms with Gasteiger partial charge >= 0.3 is 5.97 Å². The Hall–Kier alpha value is -1.77. The number of carboxylic acids is 1. The molecule has 0 unspecified atom stereocenters. The summed E-state index contributed by atoms with van der Waals surface area (Å²) in [6, 6.07) is 0. The number of aliphatic hydroxyl groups is 1. The Morgan fingerprint density at radius 2 is 1.48 bits per heavy atom. The molecule has 0 amide bonds. The van der Waals surface area contributed by atoms with Crippen molar-refractivity contribution in [3.05, 3.63) is 48.3 Å². The van der Waals surface area contributed by atoms with Crippen LogP contribution in [0.3, 0.4) is 0 Å². The van der Waals surface area contributed by atoms with Crippen LogP contribution in [-0.2, 0) is 4.79 Å². The molecule has 0 spiro atoms. The van der Waals surface area contributed by atoms with E-state index >= 15 is 0 Å². The molecule has 0 saturated heterocycles. The van der Waals surface area contributed by atoms with Crippen LogP contribution in [-0.4, -0.2) is 16.2 Å². The summed E-state index contributed by atoms with van der Waals surface area (Å²) >= 11 is 0. The Kier molecular flexibility index (Phi) is 15.3. The zero-order chi connectivity index (χ0) is 17.2. The fourth-order valence-corrected chi connectivity index (χ4v) is 1.99. The van der Waals surface area contributed by atoms with E-state index in [0.717, 1.165) is 19.3 Å². The minimum atomic E-state index is -0.753. The normalized spacial score (nSPS) is 12.8. The molecule has 0 heterocycles. The number of hydrogen-bond acceptors (Lipinski definition) is 2. The third-order valence-corrected chi connectivity index (χ3v) is 3.32. The molecule has 0 bridgehead atoms. The fourth-order valence-electron chi connectivity index (χ4n) is 1.99. The highest BCUT2D eigenvalue weighted by Gasteiger charge is 1.92. The first-order chi connectivity index (χ1) is 11.2. The summed E-state index contributed by atoms with van der Waals surface area (Å²) in [7, 11) is 0. The molecule has 3 nitrogen and oxygen atoms in total. The van der Waals surface area contributed by atoms with Crippen LogP contribution in [0.5, 0.6) is 0 Å². The molecular weight excluding hydrogens is 288 g/mol.